The largest absolute Gasteiger partial charge is 0.379 e. The molecule has 1 fully saturated rings. The minimum Gasteiger partial charge on any atom is -0.379 e. The summed E-state index contributed by atoms with van der Waals surface area (Å²) in [5, 5.41) is 6.17. The van der Waals surface area contributed by atoms with E-state index in [1.54, 1.807) is 5.01 Å². The maximum atomic E-state index is 12.1. The minimum atomic E-state index is 0.0974. The number of hydrogen-bond acceptors (Lipinski definition) is 4. The van der Waals surface area contributed by atoms with Gasteiger partial charge in [-0.3, -0.25) is 9.69 Å². The molecule has 1 amide bonds. The lowest BCUT2D eigenvalue weighted by atomic mass is 10.0. The molecule has 1 aromatic rings. The van der Waals surface area contributed by atoms with Gasteiger partial charge in [0.2, 0.25) is 5.91 Å². The standard InChI is InChI=1S/C15H18BrN3O2/c16-13-3-1-2-12(10-13)14-4-5-15(20)19(17-14)11-18-6-8-21-9-7-18/h1-3,10H,4-9,11H2. The number of rotatable bonds is 3. The molecule has 112 valence electrons. The Balaban J connectivity index is 1.75. The average molecular weight is 352 g/mol. The number of ether oxygens (including phenoxy) is 1. The summed E-state index contributed by atoms with van der Waals surface area (Å²) in [6, 6.07) is 8.06. The van der Waals surface area contributed by atoms with Gasteiger partial charge in [0.15, 0.2) is 0 Å². The van der Waals surface area contributed by atoms with Crippen molar-refractivity contribution in [3.05, 3.63) is 34.3 Å². The second kappa shape index (κ2) is 6.68. The van der Waals surface area contributed by atoms with Gasteiger partial charge in [-0.05, 0) is 17.7 Å². The van der Waals surface area contributed by atoms with E-state index in [0.717, 1.165) is 42.1 Å². The van der Waals surface area contributed by atoms with Crippen LogP contribution in [0, 0.1) is 0 Å². The Bertz CT molecular complexity index is 556. The monoisotopic (exact) mass is 351 g/mol. The van der Waals surface area contributed by atoms with Crippen LogP contribution in [-0.4, -0.2) is 54.5 Å². The van der Waals surface area contributed by atoms with E-state index in [1.807, 2.05) is 24.3 Å². The van der Waals surface area contributed by atoms with E-state index in [9.17, 15) is 4.79 Å². The lowest BCUT2D eigenvalue weighted by molar-refractivity contribution is -0.135. The van der Waals surface area contributed by atoms with E-state index in [-0.39, 0.29) is 5.91 Å². The van der Waals surface area contributed by atoms with Crippen molar-refractivity contribution in [2.24, 2.45) is 5.10 Å². The third-order valence-electron chi connectivity index (χ3n) is 3.70. The molecule has 6 heteroatoms. The number of carbonyl (C=O) groups is 1. The highest BCUT2D eigenvalue weighted by molar-refractivity contribution is 9.10. The van der Waals surface area contributed by atoms with E-state index in [0.29, 0.717) is 19.5 Å². The Morgan fingerprint density at radius 1 is 1.24 bits per heavy atom. The lowest BCUT2D eigenvalue weighted by Crippen LogP contribution is -2.45. The predicted molar refractivity (Wildman–Crippen MR) is 84.0 cm³/mol. The van der Waals surface area contributed by atoms with Gasteiger partial charge >= 0.3 is 0 Å². The van der Waals surface area contributed by atoms with Crippen LogP contribution in [0.3, 0.4) is 0 Å². The van der Waals surface area contributed by atoms with Gasteiger partial charge < -0.3 is 4.74 Å². The summed E-state index contributed by atoms with van der Waals surface area (Å²) >= 11 is 3.48. The van der Waals surface area contributed by atoms with Crippen molar-refractivity contribution in [3.8, 4) is 0 Å². The first kappa shape index (κ1) is 14.7. The zero-order chi connectivity index (χ0) is 14.7. The third kappa shape index (κ3) is 3.70. The third-order valence-corrected chi connectivity index (χ3v) is 4.19. The van der Waals surface area contributed by atoms with E-state index in [4.69, 9.17) is 4.74 Å². The van der Waals surface area contributed by atoms with Crippen LogP contribution in [0.5, 0.6) is 0 Å². The smallest absolute Gasteiger partial charge is 0.244 e. The lowest BCUT2D eigenvalue weighted by Gasteiger charge is -2.32. The summed E-state index contributed by atoms with van der Waals surface area (Å²) in [5.41, 5.74) is 2.05. The summed E-state index contributed by atoms with van der Waals surface area (Å²) in [7, 11) is 0. The molecule has 1 saturated heterocycles. The summed E-state index contributed by atoms with van der Waals surface area (Å²) in [5.74, 6) is 0.0974. The SMILES string of the molecule is O=C1CCC(c2cccc(Br)c2)=NN1CN1CCOCC1. The van der Waals surface area contributed by atoms with Gasteiger partial charge in [-0.25, -0.2) is 5.01 Å². The second-order valence-corrected chi connectivity index (χ2v) is 6.14. The van der Waals surface area contributed by atoms with Crippen molar-refractivity contribution in [3.63, 3.8) is 0 Å². The number of halogens is 1. The van der Waals surface area contributed by atoms with Crippen LogP contribution in [0.4, 0.5) is 0 Å². The quantitative estimate of drug-likeness (QED) is 0.837. The van der Waals surface area contributed by atoms with Crippen LogP contribution in [-0.2, 0) is 9.53 Å². The van der Waals surface area contributed by atoms with Crippen molar-refractivity contribution in [2.75, 3.05) is 33.0 Å². The zero-order valence-corrected chi connectivity index (χ0v) is 13.4. The number of nitrogens with zero attached hydrogens (tertiary/aromatic N) is 3. The Morgan fingerprint density at radius 2 is 2.05 bits per heavy atom. The van der Waals surface area contributed by atoms with E-state index < -0.39 is 0 Å². The zero-order valence-electron chi connectivity index (χ0n) is 11.8. The normalized spacial score (nSPS) is 20.5. The first-order valence-corrected chi connectivity index (χ1v) is 7.95. The minimum absolute atomic E-state index is 0.0974. The Hall–Kier alpha value is -1.24. The molecule has 0 radical (unpaired) electrons. The fraction of sp³-hybridized carbons (Fsp3) is 0.467. The van der Waals surface area contributed by atoms with Crippen LogP contribution < -0.4 is 0 Å². The molecule has 0 spiro atoms. The fourth-order valence-electron chi connectivity index (χ4n) is 2.52. The molecule has 3 rings (SSSR count). The van der Waals surface area contributed by atoms with Gasteiger partial charge in [-0.2, -0.15) is 5.10 Å². The number of benzene rings is 1. The van der Waals surface area contributed by atoms with Gasteiger partial charge in [-0.15, -0.1) is 0 Å². The molecule has 0 saturated carbocycles. The first-order valence-electron chi connectivity index (χ1n) is 7.16. The maximum absolute atomic E-state index is 12.1. The summed E-state index contributed by atoms with van der Waals surface area (Å²) in [4.78, 5) is 14.3. The molecular weight excluding hydrogens is 334 g/mol. The molecular formula is C15H18BrN3O2. The number of amides is 1. The predicted octanol–water partition coefficient (Wildman–Crippen LogP) is 2.07. The molecule has 0 N–H and O–H groups in total. The van der Waals surface area contributed by atoms with E-state index in [2.05, 4.69) is 25.9 Å². The molecule has 2 heterocycles. The summed E-state index contributed by atoms with van der Waals surface area (Å²) < 4.78 is 6.36. The molecule has 0 aliphatic carbocycles. The van der Waals surface area contributed by atoms with Gasteiger partial charge in [-0.1, -0.05) is 28.1 Å². The molecule has 0 unspecified atom stereocenters. The number of morpholine rings is 1. The van der Waals surface area contributed by atoms with Crippen LogP contribution >= 0.6 is 15.9 Å². The Kier molecular flexibility index (Phi) is 4.67. The topological polar surface area (TPSA) is 45.1 Å². The van der Waals surface area contributed by atoms with Crippen LogP contribution in [0.15, 0.2) is 33.8 Å². The summed E-state index contributed by atoms with van der Waals surface area (Å²) in [6.45, 7) is 3.71. The molecule has 2 aliphatic heterocycles. The average Bonchev–Trinajstić information content (AvgIpc) is 2.50. The fourth-order valence-corrected chi connectivity index (χ4v) is 2.92. The first-order chi connectivity index (χ1) is 10.2. The van der Waals surface area contributed by atoms with Crippen LogP contribution in [0.1, 0.15) is 18.4 Å². The second-order valence-electron chi connectivity index (χ2n) is 5.22. The molecule has 0 aromatic heterocycles. The highest BCUT2D eigenvalue weighted by Crippen LogP contribution is 2.19. The van der Waals surface area contributed by atoms with Crippen LogP contribution in [0.2, 0.25) is 0 Å². The number of carbonyl (C=O) groups excluding carboxylic acids is 1. The van der Waals surface area contributed by atoms with E-state index >= 15 is 0 Å². The molecule has 2 aliphatic rings. The van der Waals surface area contributed by atoms with Crippen LogP contribution in [0.25, 0.3) is 0 Å². The highest BCUT2D eigenvalue weighted by Gasteiger charge is 2.24. The molecule has 0 bridgehead atoms. The van der Waals surface area contributed by atoms with Gasteiger partial charge in [0.1, 0.15) is 0 Å². The molecule has 5 nitrogen and oxygen atoms in total. The Morgan fingerprint density at radius 3 is 2.81 bits per heavy atom. The van der Waals surface area contributed by atoms with Crippen molar-refractivity contribution in [2.45, 2.75) is 12.8 Å². The highest BCUT2D eigenvalue weighted by atomic mass is 79.9. The van der Waals surface area contributed by atoms with E-state index in [1.165, 1.54) is 0 Å². The van der Waals surface area contributed by atoms with Gasteiger partial charge in [0.05, 0.1) is 25.6 Å². The van der Waals surface area contributed by atoms with Crippen molar-refractivity contribution >= 4 is 27.5 Å². The van der Waals surface area contributed by atoms with Gasteiger partial charge in [0.25, 0.3) is 0 Å². The van der Waals surface area contributed by atoms with Crippen molar-refractivity contribution in [1.82, 2.24) is 9.91 Å². The van der Waals surface area contributed by atoms with Gasteiger partial charge in [0, 0.05) is 30.4 Å². The molecule has 1 aromatic carbocycles. The Labute approximate surface area is 132 Å². The number of hydrogen-bond donors (Lipinski definition) is 0. The molecule has 21 heavy (non-hydrogen) atoms. The number of hydrazone groups is 1. The van der Waals surface area contributed by atoms with Crippen molar-refractivity contribution < 1.29 is 9.53 Å². The van der Waals surface area contributed by atoms with Crippen molar-refractivity contribution in [1.29, 1.82) is 0 Å². The maximum Gasteiger partial charge on any atom is 0.244 e. The summed E-state index contributed by atoms with van der Waals surface area (Å²) in [6.07, 6.45) is 1.23. The molecule has 0 atom stereocenters.